The summed E-state index contributed by atoms with van der Waals surface area (Å²) in [5.41, 5.74) is 1.88. The van der Waals surface area contributed by atoms with Crippen molar-refractivity contribution in [2.45, 2.75) is 49.3 Å². The number of hydrogen-bond acceptors (Lipinski definition) is 2. The van der Waals surface area contributed by atoms with Crippen LogP contribution in [0.5, 0.6) is 0 Å². The number of nitrogens with zero attached hydrogens (tertiary/aromatic N) is 2. The van der Waals surface area contributed by atoms with Crippen LogP contribution >= 0.6 is 15.9 Å². The van der Waals surface area contributed by atoms with E-state index in [1.165, 1.54) is 19.3 Å². The molecular formula is C20H24BrN3O. The van der Waals surface area contributed by atoms with E-state index >= 15 is 0 Å². The Bertz CT molecular complexity index is 782. The van der Waals surface area contributed by atoms with Crippen LogP contribution in [0.15, 0.2) is 30.6 Å². The summed E-state index contributed by atoms with van der Waals surface area (Å²) in [7, 11) is 0. The number of halogens is 1. The number of pyridine rings is 1. The number of amides is 1. The minimum absolute atomic E-state index is 0.119. The number of imidazole rings is 1. The number of hydrogen-bond donors (Lipinski definition) is 1. The number of fused-ring (bicyclic) bond motifs is 1. The third-order valence-corrected chi connectivity index (χ3v) is 7.48. The summed E-state index contributed by atoms with van der Waals surface area (Å²) in [5, 5.41) is 3.24. The molecule has 4 nitrogen and oxygen atoms in total. The highest BCUT2D eigenvalue weighted by Crippen LogP contribution is 2.64. The normalized spacial score (nSPS) is 36.0. The first-order chi connectivity index (χ1) is 12.0. The van der Waals surface area contributed by atoms with Crippen LogP contribution in [-0.2, 0) is 11.2 Å². The van der Waals surface area contributed by atoms with E-state index in [-0.39, 0.29) is 15.6 Å². The first-order valence-corrected chi connectivity index (χ1v) is 10.2. The zero-order chi connectivity index (χ0) is 17.1. The minimum Gasteiger partial charge on any atom is -0.355 e. The fourth-order valence-corrected chi connectivity index (χ4v) is 7.47. The molecule has 2 atom stereocenters. The molecule has 132 valence electrons. The summed E-state index contributed by atoms with van der Waals surface area (Å²) >= 11 is 3.99. The minimum atomic E-state index is -0.119. The quantitative estimate of drug-likeness (QED) is 0.793. The smallest absolute Gasteiger partial charge is 0.226 e. The molecule has 0 spiro atoms. The molecule has 5 heteroatoms. The van der Waals surface area contributed by atoms with Gasteiger partial charge in [0.1, 0.15) is 5.65 Å². The summed E-state index contributed by atoms with van der Waals surface area (Å²) in [4.78, 5) is 17.7. The Morgan fingerprint density at radius 1 is 1.28 bits per heavy atom. The van der Waals surface area contributed by atoms with E-state index in [0.717, 1.165) is 48.9 Å². The number of carbonyl (C=O) groups is 1. The predicted octanol–water partition coefficient (Wildman–Crippen LogP) is 3.73. The zero-order valence-electron chi connectivity index (χ0n) is 14.4. The molecule has 4 aliphatic carbocycles. The topological polar surface area (TPSA) is 46.4 Å². The molecule has 0 aliphatic heterocycles. The van der Waals surface area contributed by atoms with E-state index < -0.39 is 0 Å². The lowest BCUT2D eigenvalue weighted by Gasteiger charge is -2.59. The second-order valence-electron chi connectivity index (χ2n) is 8.60. The molecule has 6 rings (SSSR count). The van der Waals surface area contributed by atoms with Gasteiger partial charge in [0.15, 0.2) is 0 Å². The Kier molecular flexibility index (Phi) is 3.53. The van der Waals surface area contributed by atoms with Crippen molar-refractivity contribution in [3.63, 3.8) is 0 Å². The predicted molar refractivity (Wildman–Crippen MR) is 101 cm³/mol. The number of rotatable bonds is 4. The highest BCUT2D eigenvalue weighted by Gasteiger charge is 2.59. The van der Waals surface area contributed by atoms with Gasteiger partial charge in [-0.25, -0.2) is 4.98 Å². The number of nitrogens with one attached hydrogen (secondary N) is 1. The molecule has 1 amide bonds. The third-order valence-electron chi connectivity index (χ3n) is 6.55. The largest absolute Gasteiger partial charge is 0.355 e. The Balaban J connectivity index is 1.25. The lowest BCUT2D eigenvalue weighted by molar-refractivity contribution is -0.143. The molecule has 0 saturated heterocycles. The van der Waals surface area contributed by atoms with Crippen molar-refractivity contribution in [1.82, 2.24) is 14.7 Å². The van der Waals surface area contributed by atoms with Crippen molar-refractivity contribution < 1.29 is 4.79 Å². The van der Waals surface area contributed by atoms with Gasteiger partial charge in [-0.2, -0.15) is 0 Å². The Morgan fingerprint density at radius 2 is 2.08 bits per heavy atom. The maximum Gasteiger partial charge on any atom is 0.226 e. The van der Waals surface area contributed by atoms with E-state index in [1.807, 2.05) is 28.8 Å². The highest BCUT2D eigenvalue weighted by molar-refractivity contribution is 9.10. The van der Waals surface area contributed by atoms with Gasteiger partial charge in [0.05, 0.1) is 11.1 Å². The fraction of sp³-hybridized carbons (Fsp3) is 0.600. The van der Waals surface area contributed by atoms with Crippen LogP contribution < -0.4 is 5.32 Å². The molecule has 1 N–H and O–H groups in total. The zero-order valence-corrected chi connectivity index (χ0v) is 16.0. The van der Waals surface area contributed by atoms with Gasteiger partial charge in [0, 0.05) is 29.7 Å². The van der Waals surface area contributed by atoms with Gasteiger partial charge in [-0.15, -0.1) is 0 Å². The monoisotopic (exact) mass is 401 g/mol. The fourth-order valence-electron chi connectivity index (χ4n) is 6.02. The van der Waals surface area contributed by atoms with Crippen molar-refractivity contribution >= 4 is 27.5 Å². The maximum atomic E-state index is 13.0. The molecule has 2 heterocycles. The molecule has 4 fully saturated rings. The van der Waals surface area contributed by atoms with Crippen molar-refractivity contribution in [1.29, 1.82) is 0 Å². The van der Waals surface area contributed by atoms with Gasteiger partial charge in [-0.05, 0) is 62.5 Å². The first-order valence-electron chi connectivity index (χ1n) is 9.44. The van der Waals surface area contributed by atoms with Crippen LogP contribution in [-0.4, -0.2) is 26.2 Å². The van der Waals surface area contributed by atoms with Gasteiger partial charge < -0.3 is 9.72 Å². The molecule has 2 unspecified atom stereocenters. The van der Waals surface area contributed by atoms with Gasteiger partial charge in [-0.1, -0.05) is 22.0 Å². The molecule has 4 saturated carbocycles. The molecular weight excluding hydrogens is 378 g/mol. The second-order valence-corrected chi connectivity index (χ2v) is 10.3. The van der Waals surface area contributed by atoms with Crippen molar-refractivity contribution in [2.24, 2.45) is 17.3 Å². The standard InChI is InChI=1S/C20H24BrN3O/c21-20-10-14-7-15(11-20)9-19(8-14,13-20)18(25)22-5-4-16-12-24-6-2-1-3-17(24)23-16/h1-3,6,12,14-15H,4-5,7-11,13H2,(H,22,25). The second kappa shape index (κ2) is 5.57. The average Bonchev–Trinajstić information content (AvgIpc) is 2.95. The molecule has 0 aromatic carbocycles. The maximum absolute atomic E-state index is 13.0. The van der Waals surface area contributed by atoms with Crippen LogP contribution in [0, 0.1) is 17.3 Å². The average molecular weight is 402 g/mol. The highest BCUT2D eigenvalue weighted by atomic mass is 79.9. The Labute approximate surface area is 156 Å². The Morgan fingerprint density at radius 3 is 2.80 bits per heavy atom. The lowest BCUT2D eigenvalue weighted by Crippen LogP contribution is -2.58. The first kappa shape index (κ1) is 15.9. The van der Waals surface area contributed by atoms with Crippen molar-refractivity contribution in [3.8, 4) is 0 Å². The SMILES string of the molecule is O=C(NCCc1cn2ccccc2n1)C12CC3CC(CC(Br)(C3)C1)C2. The number of alkyl halides is 1. The van der Waals surface area contributed by atoms with Crippen LogP contribution in [0.25, 0.3) is 5.65 Å². The van der Waals surface area contributed by atoms with Crippen molar-refractivity contribution in [3.05, 3.63) is 36.3 Å². The molecule has 2 aromatic rings. The molecule has 4 aliphatic rings. The van der Waals surface area contributed by atoms with E-state index in [9.17, 15) is 4.79 Å². The molecule has 25 heavy (non-hydrogen) atoms. The van der Waals surface area contributed by atoms with Crippen LogP contribution in [0.4, 0.5) is 0 Å². The molecule has 4 bridgehead atoms. The van der Waals surface area contributed by atoms with Gasteiger partial charge in [-0.3, -0.25) is 4.79 Å². The summed E-state index contributed by atoms with van der Waals surface area (Å²) in [6.07, 6.45) is 11.9. The van der Waals surface area contributed by atoms with E-state index in [1.54, 1.807) is 0 Å². The summed E-state index contributed by atoms with van der Waals surface area (Å²) < 4.78 is 2.26. The van der Waals surface area contributed by atoms with Crippen LogP contribution in [0.2, 0.25) is 0 Å². The van der Waals surface area contributed by atoms with E-state index in [4.69, 9.17) is 0 Å². The van der Waals surface area contributed by atoms with Gasteiger partial charge in [0.25, 0.3) is 0 Å². The summed E-state index contributed by atoms with van der Waals surface area (Å²) in [6.45, 7) is 0.676. The van der Waals surface area contributed by atoms with Crippen molar-refractivity contribution in [2.75, 3.05) is 6.54 Å². The summed E-state index contributed by atoms with van der Waals surface area (Å²) in [6, 6.07) is 6.01. The lowest BCUT2D eigenvalue weighted by atomic mass is 9.49. The Hall–Kier alpha value is -1.36. The van der Waals surface area contributed by atoms with E-state index in [2.05, 4.69) is 32.4 Å². The van der Waals surface area contributed by atoms with Crippen LogP contribution in [0.3, 0.4) is 0 Å². The summed E-state index contributed by atoms with van der Waals surface area (Å²) in [5.74, 6) is 1.77. The van der Waals surface area contributed by atoms with Gasteiger partial charge in [0.2, 0.25) is 5.91 Å². The molecule has 2 aromatic heterocycles. The molecule has 0 radical (unpaired) electrons. The number of carbonyl (C=O) groups excluding carboxylic acids is 1. The van der Waals surface area contributed by atoms with Gasteiger partial charge >= 0.3 is 0 Å². The van der Waals surface area contributed by atoms with E-state index in [0.29, 0.717) is 6.54 Å². The third kappa shape index (κ3) is 2.71. The number of aromatic nitrogens is 2. The van der Waals surface area contributed by atoms with Crippen LogP contribution in [0.1, 0.15) is 44.2 Å².